The Bertz CT molecular complexity index is 852. The first-order valence-corrected chi connectivity index (χ1v) is 10.0. The number of fused-ring (bicyclic) bond motifs is 1. The molecule has 2 aromatic heterocycles. The van der Waals surface area contributed by atoms with Crippen LogP contribution in [0.1, 0.15) is 31.9 Å². The molecule has 8 nitrogen and oxygen atoms in total. The van der Waals surface area contributed by atoms with Crippen LogP contribution in [-0.4, -0.2) is 64.1 Å². The number of nitrogen functional groups attached to an aromatic ring is 1. The number of likely N-dealkylation sites (tertiary alicyclic amines) is 1. The molecule has 3 N–H and O–H groups in total. The molecule has 0 radical (unpaired) electrons. The van der Waals surface area contributed by atoms with E-state index in [4.69, 9.17) is 10.5 Å². The standard InChI is InChI=1S/C19H26F2N6O2/c20-15(21)10-26-6-3-12(4-7-26)9-23-19(28)14-1-2-16(29-14)27-8-5-13-17(22)24-11-25-18(13)27/h5,8,11-12,14-16H,1-4,6-7,9-10H2,(H,23,28)(H2,22,24,25)/t14-,16?/m0/s1. The summed E-state index contributed by atoms with van der Waals surface area (Å²) in [7, 11) is 0. The number of halogens is 2. The van der Waals surface area contributed by atoms with Crippen molar-refractivity contribution in [2.24, 2.45) is 5.92 Å². The first kappa shape index (κ1) is 20.0. The van der Waals surface area contributed by atoms with Gasteiger partial charge in [-0.15, -0.1) is 0 Å². The van der Waals surface area contributed by atoms with Crippen LogP contribution in [0.3, 0.4) is 0 Å². The van der Waals surface area contributed by atoms with Gasteiger partial charge < -0.3 is 20.4 Å². The van der Waals surface area contributed by atoms with Gasteiger partial charge in [0, 0.05) is 12.7 Å². The Morgan fingerprint density at radius 3 is 2.83 bits per heavy atom. The molecule has 1 amide bonds. The molecule has 2 aliphatic rings. The van der Waals surface area contributed by atoms with Crippen LogP contribution in [0.5, 0.6) is 0 Å². The van der Waals surface area contributed by atoms with Crippen LogP contribution in [0.2, 0.25) is 0 Å². The lowest BCUT2D eigenvalue weighted by Crippen LogP contribution is -2.42. The Labute approximate surface area is 167 Å². The molecule has 10 heteroatoms. The number of ether oxygens (including phenoxy) is 1. The zero-order valence-corrected chi connectivity index (χ0v) is 16.1. The highest BCUT2D eigenvalue weighted by Crippen LogP contribution is 2.32. The van der Waals surface area contributed by atoms with E-state index in [9.17, 15) is 13.6 Å². The number of hydrogen-bond acceptors (Lipinski definition) is 6. The molecule has 2 atom stereocenters. The van der Waals surface area contributed by atoms with E-state index in [1.807, 2.05) is 16.8 Å². The molecule has 0 saturated carbocycles. The van der Waals surface area contributed by atoms with Gasteiger partial charge in [0.25, 0.3) is 6.43 Å². The maximum absolute atomic E-state index is 12.5. The van der Waals surface area contributed by atoms with Crippen molar-refractivity contribution in [1.82, 2.24) is 24.8 Å². The molecule has 2 aromatic rings. The molecule has 29 heavy (non-hydrogen) atoms. The molecule has 0 bridgehead atoms. The Hall–Kier alpha value is -2.33. The maximum atomic E-state index is 12.5. The minimum atomic E-state index is -2.29. The van der Waals surface area contributed by atoms with Crippen molar-refractivity contribution in [2.45, 2.75) is 44.4 Å². The molecular weight excluding hydrogens is 382 g/mol. The van der Waals surface area contributed by atoms with Gasteiger partial charge in [0.2, 0.25) is 5.91 Å². The van der Waals surface area contributed by atoms with Gasteiger partial charge in [0.1, 0.15) is 30.1 Å². The normalized spacial score (nSPS) is 23.8. The molecule has 158 valence electrons. The third-order valence-corrected chi connectivity index (χ3v) is 5.81. The van der Waals surface area contributed by atoms with Crippen molar-refractivity contribution in [3.63, 3.8) is 0 Å². The highest BCUT2D eigenvalue weighted by Gasteiger charge is 2.33. The van der Waals surface area contributed by atoms with E-state index in [1.165, 1.54) is 6.33 Å². The van der Waals surface area contributed by atoms with E-state index >= 15 is 0 Å². The quantitative estimate of drug-likeness (QED) is 0.756. The molecule has 2 saturated heterocycles. The predicted molar refractivity (Wildman–Crippen MR) is 103 cm³/mol. The lowest BCUT2D eigenvalue weighted by molar-refractivity contribution is -0.134. The number of aromatic nitrogens is 3. The molecule has 0 aliphatic carbocycles. The maximum Gasteiger partial charge on any atom is 0.251 e. The van der Waals surface area contributed by atoms with Crippen LogP contribution in [0.15, 0.2) is 18.6 Å². The van der Waals surface area contributed by atoms with E-state index in [-0.39, 0.29) is 18.7 Å². The van der Waals surface area contributed by atoms with Gasteiger partial charge in [-0.05, 0) is 50.8 Å². The second-order valence-corrected chi connectivity index (χ2v) is 7.76. The van der Waals surface area contributed by atoms with Gasteiger partial charge >= 0.3 is 0 Å². The van der Waals surface area contributed by atoms with Crippen LogP contribution in [0.25, 0.3) is 11.0 Å². The van der Waals surface area contributed by atoms with Crippen molar-refractivity contribution in [1.29, 1.82) is 0 Å². The number of alkyl halides is 2. The second kappa shape index (κ2) is 8.58. The Morgan fingerprint density at radius 2 is 2.07 bits per heavy atom. The van der Waals surface area contributed by atoms with Crippen LogP contribution >= 0.6 is 0 Å². The predicted octanol–water partition coefficient (Wildman–Crippen LogP) is 1.78. The van der Waals surface area contributed by atoms with Crippen LogP contribution in [0.4, 0.5) is 14.6 Å². The summed E-state index contributed by atoms with van der Waals surface area (Å²) >= 11 is 0. The van der Waals surface area contributed by atoms with Gasteiger partial charge in [-0.3, -0.25) is 9.69 Å². The van der Waals surface area contributed by atoms with E-state index < -0.39 is 12.5 Å². The fourth-order valence-electron chi connectivity index (χ4n) is 4.17. The summed E-state index contributed by atoms with van der Waals surface area (Å²) in [5, 5.41) is 3.74. The van der Waals surface area contributed by atoms with Crippen LogP contribution < -0.4 is 11.1 Å². The summed E-state index contributed by atoms with van der Waals surface area (Å²) in [6.45, 7) is 1.69. The molecule has 4 rings (SSSR count). The molecule has 4 heterocycles. The van der Waals surface area contributed by atoms with Crippen molar-refractivity contribution >= 4 is 22.8 Å². The number of rotatable bonds is 6. The van der Waals surface area contributed by atoms with Gasteiger partial charge in [-0.2, -0.15) is 0 Å². The fraction of sp³-hybridized carbons (Fsp3) is 0.632. The SMILES string of the molecule is Nc1ncnc2c1ccn2C1CC[C@@H](C(=O)NCC2CCN(CC(F)F)CC2)O1. The number of carbonyl (C=O) groups is 1. The zero-order valence-electron chi connectivity index (χ0n) is 16.1. The summed E-state index contributed by atoms with van der Waals surface area (Å²) in [5.74, 6) is 0.617. The minimum absolute atomic E-state index is 0.117. The molecular formula is C19H26F2N6O2. The zero-order chi connectivity index (χ0) is 20.4. The van der Waals surface area contributed by atoms with Gasteiger partial charge in [-0.1, -0.05) is 0 Å². The number of hydrogen-bond donors (Lipinski definition) is 2. The molecule has 2 aliphatic heterocycles. The fourth-order valence-corrected chi connectivity index (χ4v) is 4.17. The van der Waals surface area contributed by atoms with Crippen LogP contribution in [0, 0.1) is 5.92 Å². The average molecular weight is 408 g/mol. The van der Waals surface area contributed by atoms with Gasteiger partial charge in [0.15, 0.2) is 0 Å². The smallest absolute Gasteiger partial charge is 0.251 e. The Balaban J connectivity index is 1.26. The number of piperidine rings is 1. The lowest BCUT2D eigenvalue weighted by atomic mass is 9.96. The third-order valence-electron chi connectivity index (χ3n) is 5.81. The number of amides is 1. The highest BCUT2D eigenvalue weighted by atomic mass is 19.3. The topological polar surface area (TPSA) is 98.3 Å². The minimum Gasteiger partial charge on any atom is -0.383 e. The largest absolute Gasteiger partial charge is 0.383 e. The second-order valence-electron chi connectivity index (χ2n) is 7.76. The number of nitrogens with two attached hydrogens (primary N) is 1. The first-order valence-electron chi connectivity index (χ1n) is 10.0. The molecule has 0 spiro atoms. The molecule has 2 fully saturated rings. The van der Waals surface area contributed by atoms with Gasteiger partial charge in [-0.25, -0.2) is 18.7 Å². The summed E-state index contributed by atoms with van der Waals surface area (Å²) in [6, 6.07) is 1.85. The van der Waals surface area contributed by atoms with E-state index in [0.717, 1.165) is 18.2 Å². The Kier molecular flexibility index (Phi) is 5.91. The van der Waals surface area contributed by atoms with Crippen molar-refractivity contribution < 1.29 is 18.3 Å². The summed E-state index contributed by atoms with van der Waals surface area (Å²) < 4.78 is 32.8. The Morgan fingerprint density at radius 1 is 1.28 bits per heavy atom. The van der Waals surface area contributed by atoms with Crippen LogP contribution in [-0.2, 0) is 9.53 Å². The average Bonchev–Trinajstić information content (AvgIpc) is 3.34. The first-order chi connectivity index (χ1) is 14.0. The highest BCUT2D eigenvalue weighted by molar-refractivity contribution is 5.86. The summed E-state index contributed by atoms with van der Waals surface area (Å²) in [6.07, 6.45) is 3.18. The van der Waals surface area contributed by atoms with E-state index in [0.29, 0.717) is 49.9 Å². The molecule has 1 unspecified atom stereocenters. The van der Waals surface area contributed by atoms with Gasteiger partial charge in [0.05, 0.1) is 11.9 Å². The van der Waals surface area contributed by atoms with Crippen molar-refractivity contribution in [2.75, 3.05) is 31.9 Å². The monoisotopic (exact) mass is 408 g/mol. The summed E-state index contributed by atoms with van der Waals surface area (Å²) in [4.78, 5) is 22.6. The lowest BCUT2D eigenvalue weighted by Gasteiger charge is -2.31. The van der Waals surface area contributed by atoms with E-state index in [2.05, 4.69) is 15.3 Å². The van der Waals surface area contributed by atoms with E-state index in [1.54, 1.807) is 4.90 Å². The third kappa shape index (κ3) is 4.48. The number of nitrogens with zero attached hydrogens (tertiary/aromatic N) is 4. The summed E-state index contributed by atoms with van der Waals surface area (Å²) in [5.41, 5.74) is 6.57. The number of anilines is 1. The van der Waals surface area contributed by atoms with Crippen molar-refractivity contribution in [3.8, 4) is 0 Å². The molecule has 0 aromatic carbocycles. The van der Waals surface area contributed by atoms with Crippen molar-refractivity contribution in [3.05, 3.63) is 18.6 Å². The number of carbonyl (C=O) groups excluding carboxylic acids is 1. The number of nitrogens with one attached hydrogen (secondary N) is 1.